The number of hydrogen-bond acceptors (Lipinski definition) is 3. The fourth-order valence-electron chi connectivity index (χ4n) is 2.79. The summed E-state index contributed by atoms with van der Waals surface area (Å²) in [5, 5.41) is 6.47. The van der Waals surface area contributed by atoms with Crippen LogP contribution in [0, 0.1) is 5.92 Å². The van der Waals surface area contributed by atoms with Crippen LogP contribution in [-0.2, 0) is 4.79 Å². The number of rotatable bonds is 6. The minimum Gasteiger partial charge on any atom is -0.497 e. The Morgan fingerprint density at radius 1 is 1.50 bits per heavy atom. The molecule has 1 amide bonds. The molecule has 4 nitrogen and oxygen atoms in total. The molecule has 0 radical (unpaired) electrons. The molecule has 2 rings (SSSR count). The van der Waals surface area contributed by atoms with Crippen molar-refractivity contribution in [1.29, 1.82) is 0 Å². The van der Waals surface area contributed by atoms with Gasteiger partial charge in [0, 0.05) is 6.54 Å². The van der Waals surface area contributed by atoms with Crippen LogP contribution in [0.2, 0.25) is 0 Å². The summed E-state index contributed by atoms with van der Waals surface area (Å²) in [6.45, 7) is 4.92. The summed E-state index contributed by atoms with van der Waals surface area (Å²) in [7, 11) is 1.64. The first-order valence-electron chi connectivity index (χ1n) is 7.83. The number of carbonyl (C=O) groups is 1. The molecule has 2 N–H and O–H groups in total. The number of carbonyl (C=O) groups excluding carboxylic acids is 1. The molecule has 2 atom stereocenters. The normalized spacial score (nSPS) is 18.9. The van der Waals surface area contributed by atoms with Crippen LogP contribution in [0.1, 0.15) is 37.7 Å². The molecular formula is C17H27ClN2O2. The molecule has 0 bridgehead atoms. The van der Waals surface area contributed by atoms with Gasteiger partial charge in [0.1, 0.15) is 5.75 Å². The van der Waals surface area contributed by atoms with Crippen LogP contribution in [0.25, 0.3) is 0 Å². The number of benzene rings is 1. The maximum atomic E-state index is 12.2. The van der Waals surface area contributed by atoms with Crippen molar-refractivity contribution in [3.63, 3.8) is 0 Å². The van der Waals surface area contributed by atoms with Gasteiger partial charge in [0.25, 0.3) is 0 Å². The van der Waals surface area contributed by atoms with Crippen LogP contribution in [0.15, 0.2) is 24.3 Å². The lowest BCUT2D eigenvalue weighted by Gasteiger charge is -2.23. The molecular weight excluding hydrogens is 300 g/mol. The number of halogens is 1. The van der Waals surface area contributed by atoms with E-state index >= 15 is 0 Å². The number of ether oxygens (including phenoxy) is 1. The fraction of sp³-hybridized carbons (Fsp3) is 0.588. The van der Waals surface area contributed by atoms with E-state index in [4.69, 9.17) is 4.74 Å². The molecule has 5 heteroatoms. The summed E-state index contributed by atoms with van der Waals surface area (Å²) in [5.74, 6) is 1.43. The van der Waals surface area contributed by atoms with E-state index in [1.165, 1.54) is 12.8 Å². The van der Waals surface area contributed by atoms with Crippen molar-refractivity contribution >= 4 is 18.3 Å². The lowest BCUT2D eigenvalue weighted by Crippen LogP contribution is -2.34. The van der Waals surface area contributed by atoms with E-state index in [0.717, 1.165) is 37.4 Å². The van der Waals surface area contributed by atoms with Gasteiger partial charge in [0.2, 0.25) is 5.91 Å². The molecule has 124 valence electrons. The van der Waals surface area contributed by atoms with E-state index in [1.54, 1.807) is 7.11 Å². The highest BCUT2D eigenvalue weighted by atomic mass is 35.5. The Morgan fingerprint density at radius 3 is 3.00 bits per heavy atom. The third-order valence-corrected chi connectivity index (χ3v) is 4.24. The van der Waals surface area contributed by atoms with E-state index in [9.17, 15) is 4.79 Å². The zero-order valence-electron chi connectivity index (χ0n) is 13.4. The number of nitrogens with one attached hydrogen (secondary N) is 2. The monoisotopic (exact) mass is 326 g/mol. The quantitative estimate of drug-likeness (QED) is 0.845. The molecule has 1 aliphatic heterocycles. The maximum absolute atomic E-state index is 12.2. The molecule has 1 aromatic carbocycles. The van der Waals surface area contributed by atoms with Crippen LogP contribution < -0.4 is 15.4 Å². The third kappa shape index (κ3) is 5.50. The van der Waals surface area contributed by atoms with E-state index in [1.807, 2.05) is 31.2 Å². The zero-order chi connectivity index (χ0) is 15.1. The molecule has 0 spiro atoms. The molecule has 2 unspecified atom stereocenters. The smallest absolute Gasteiger partial charge is 0.227 e. The number of hydrogen-bond donors (Lipinski definition) is 2. The van der Waals surface area contributed by atoms with Gasteiger partial charge in [-0.1, -0.05) is 12.1 Å². The average molecular weight is 327 g/mol. The Kier molecular flexibility index (Phi) is 8.28. The van der Waals surface area contributed by atoms with E-state index in [-0.39, 0.29) is 24.2 Å². The van der Waals surface area contributed by atoms with Crippen LogP contribution in [0.4, 0.5) is 0 Å². The van der Waals surface area contributed by atoms with E-state index < -0.39 is 0 Å². The standard InChI is InChI=1S/C17H26N2O2.ClH/c1-13(15-6-3-7-16(11-15)21-2)17(20)19-10-8-14-5-4-9-18-12-14;/h3,6-7,11,13-14,18H,4-5,8-10,12H2,1-2H3,(H,19,20);1H. The summed E-state index contributed by atoms with van der Waals surface area (Å²) < 4.78 is 5.21. The van der Waals surface area contributed by atoms with Crippen LogP contribution >= 0.6 is 12.4 Å². The van der Waals surface area contributed by atoms with Gasteiger partial charge in [-0.05, 0) is 62.9 Å². The largest absolute Gasteiger partial charge is 0.497 e. The number of piperidine rings is 1. The Balaban J connectivity index is 0.00000242. The Morgan fingerprint density at radius 2 is 2.32 bits per heavy atom. The van der Waals surface area contributed by atoms with Gasteiger partial charge >= 0.3 is 0 Å². The van der Waals surface area contributed by atoms with Gasteiger partial charge in [0.05, 0.1) is 13.0 Å². The van der Waals surface area contributed by atoms with Crippen LogP contribution in [-0.4, -0.2) is 32.7 Å². The maximum Gasteiger partial charge on any atom is 0.227 e. The predicted octanol–water partition coefficient (Wildman–Crippen LogP) is 2.73. The molecule has 0 aromatic heterocycles. The van der Waals surface area contributed by atoms with Gasteiger partial charge in [-0.2, -0.15) is 0 Å². The molecule has 1 fully saturated rings. The molecule has 1 heterocycles. The first kappa shape index (κ1) is 18.8. The van der Waals surface area contributed by atoms with E-state index in [0.29, 0.717) is 5.92 Å². The van der Waals surface area contributed by atoms with Crippen molar-refractivity contribution in [3.8, 4) is 5.75 Å². The van der Waals surface area contributed by atoms with Crippen molar-refractivity contribution in [2.24, 2.45) is 5.92 Å². The van der Waals surface area contributed by atoms with Crippen molar-refractivity contribution < 1.29 is 9.53 Å². The highest BCUT2D eigenvalue weighted by Crippen LogP contribution is 2.21. The SMILES string of the molecule is COc1cccc(C(C)C(=O)NCCC2CCCNC2)c1.Cl. The molecule has 1 aliphatic rings. The molecule has 1 saturated heterocycles. The second-order valence-electron chi connectivity index (χ2n) is 5.79. The lowest BCUT2D eigenvalue weighted by atomic mass is 9.96. The number of amides is 1. The first-order chi connectivity index (χ1) is 10.2. The summed E-state index contributed by atoms with van der Waals surface area (Å²) in [4.78, 5) is 12.2. The average Bonchev–Trinajstić information content (AvgIpc) is 2.55. The highest BCUT2D eigenvalue weighted by Gasteiger charge is 2.17. The molecule has 0 aliphatic carbocycles. The highest BCUT2D eigenvalue weighted by molar-refractivity contribution is 5.85. The minimum atomic E-state index is -0.149. The predicted molar refractivity (Wildman–Crippen MR) is 91.9 cm³/mol. The van der Waals surface area contributed by atoms with Gasteiger partial charge in [-0.3, -0.25) is 4.79 Å². The van der Waals surface area contributed by atoms with Crippen LogP contribution in [0.5, 0.6) is 5.75 Å². The third-order valence-electron chi connectivity index (χ3n) is 4.24. The van der Waals surface area contributed by atoms with Gasteiger partial charge in [-0.15, -0.1) is 12.4 Å². The van der Waals surface area contributed by atoms with Crippen LogP contribution in [0.3, 0.4) is 0 Å². The van der Waals surface area contributed by atoms with Gasteiger partial charge < -0.3 is 15.4 Å². The van der Waals surface area contributed by atoms with Crippen molar-refractivity contribution in [3.05, 3.63) is 29.8 Å². The Hall–Kier alpha value is -1.26. The topological polar surface area (TPSA) is 50.4 Å². The second kappa shape index (κ2) is 9.70. The molecule has 22 heavy (non-hydrogen) atoms. The molecule has 1 aromatic rings. The number of methoxy groups -OCH3 is 1. The zero-order valence-corrected chi connectivity index (χ0v) is 14.2. The van der Waals surface area contributed by atoms with Gasteiger partial charge in [0.15, 0.2) is 0 Å². The first-order valence-corrected chi connectivity index (χ1v) is 7.83. The summed E-state index contributed by atoms with van der Waals surface area (Å²) in [5.41, 5.74) is 0.992. The second-order valence-corrected chi connectivity index (χ2v) is 5.79. The summed E-state index contributed by atoms with van der Waals surface area (Å²) in [6.07, 6.45) is 3.58. The molecule has 0 saturated carbocycles. The summed E-state index contributed by atoms with van der Waals surface area (Å²) in [6, 6.07) is 7.71. The van der Waals surface area contributed by atoms with E-state index in [2.05, 4.69) is 10.6 Å². The van der Waals surface area contributed by atoms with Crippen molar-refractivity contribution in [2.75, 3.05) is 26.7 Å². The lowest BCUT2D eigenvalue weighted by molar-refractivity contribution is -0.122. The Labute approximate surface area is 139 Å². The van der Waals surface area contributed by atoms with Gasteiger partial charge in [-0.25, -0.2) is 0 Å². The minimum absolute atomic E-state index is 0. The Bertz CT molecular complexity index is 462. The fourth-order valence-corrected chi connectivity index (χ4v) is 2.79. The van der Waals surface area contributed by atoms with Crippen molar-refractivity contribution in [2.45, 2.75) is 32.1 Å². The summed E-state index contributed by atoms with van der Waals surface area (Å²) >= 11 is 0. The van der Waals surface area contributed by atoms with Crippen molar-refractivity contribution in [1.82, 2.24) is 10.6 Å².